The van der Waals surface area contributed by atoms with Gasteiger partial charge in [0.2, 0.25) is 0 Å². The van der Waals surface area contributed by atoms with E-state index in [9.17, 15) is 9.59 Å². The molecule has 0 aliphatic heterocycles. The minimum atomic E-state index is -0.0952. The van der Waals surface area contributed by atoms with Gasteiger partial charge in [0.1, 0.15) is 5.78 Å². The minimum absolute atomic E-state index is 0.000259. The number of hydrogen-bond donors (Lipinski definition) is 0. The van der Waals surface area contributed by atoms with Gasteiger partial charge < -0.3 is 9.47 Å². The number of benzene rings is 1. The lowest BCUT2D eigenvalue weighted by Crippen LogP contribution is -2.06. The average molecular weight is 236 g/mol. The van der Waals surface area contributed by atoms with E-state index >= 15 is 0 Å². The maximum absolute atomic E-state index is 11.5. The number of ketones is 2. The minimum Gasteiger partial charge on any atom is -0.493 e. The van der Waals surface area contributed by atoms with Gasteiger partial charge in [0.05, 0.1) is 14.2 Å². The van der Waals surface area contributed by atoms with E-state index < -0.39 is 0 Å². The second-order valence-electron chi connectivity index (χ2n) is 3.80. The monoisotopic (exact) mass is 236 g/mol. The van der Waals surface area contributed by atoms with Crippen LogP contribution < -0.4 is 9.47 Å². The molecule has 0 radical (unpaired) electrons. The Labute approximate surface area is 101 Å². The van der Waals surface area contributed by atoms with Gasteiger partial charge in [-0.15, -0.1) is 0 Å². The first-order valence-electron chi connectivity index (χ1n) is 5.24. The van der Waals surface area contributed by atoms with Crippen LogP contribution in [0.2, 0.25) is 0 Å². The molecule has 0 saturated heterocycles. The largest absolute Gasteiger partial charge is 0.493 e. The molecule has 0 amide bonds. The van der Waals surface area contributed by atoms with E-state index in [1.165, 1.54) is 28.1 Å². The molecule has 0 aromatic heterocycles. The SMILES string of the molecule is COc1cc(CC(C)=O)c(C(C)=O)cc1OC. The summed E-state index contributed by atoms with van der Waals surface area (Å²) < 4.78 is 10.3. The summed E-state index contributed by atoms with van der Waals surface area (Å²) in [6, 6.07) is 3.29. The van der Waals surface area contributed by atoms with Gasteiger partial charge in [-0.3, -0.25) is 9.59 Å². The van der Waals surface area contributed by atoms with Crippen LogP contribution in [0.15, 0.2) is 12.1 Å². The van der Waals surface area contributed by atoms with E-state index in [-0.39, 0.29) is 18.0 Å². The highest BCUT2D eigenvalue weighted by atomic mass is 16.5. The number of carbonyl (C=O) groups excluding carboxylic acids is 2. The topological polar surface area (TPSA) is 52.6 Å². The van der Waals surface area contributed by atoms with Crippen LogP contribution in [0, 0.1) is 0 Å². The van der Waals surface area contributed by atoms with Crippen molar-refractivity contribution in [2.24, 2.45) is 0 Å². The summed E-state index contributed by atoms with van der Waals surface area (Å²) in [7, 11) is 3.02. The Morgan fingerprint density at radius 1 is 1.06 bits per heavy atom. The van der Waals surface area contributed by atoms with Crippen molar-refractivity contribution in [3.63, 3.8) is 0 Å². The smallest absolute Gasteiger partial charge is 0.161 e. The van der Waals surface area contributed by atoms with Crippen molar-refractivity contribution in [3.05, 3.63) is 23.3 Å². The highest BCUT2D eigenvalue weighted by Gasteiger charge is 2.15. The van der Waals surface area contributed by atoms with Crippen molar-refractivity contribution < 1.29 is 19.1 Å². The molecule has 1 rings (SSSR count). The normalized spacial score (nSPS) is 9.88. The number of methoxy groups -OCH3 is 2. The third kappa shape index (κ3) is 3.06. The Kier molecular flexibility index (Phi) is 4.26. The Morgan fingerprint density at radius 3 is 2.00 bits per heavy atom. The van der Waals surface area contributed by atoms with Gasteiger partial charge in [0.25, 0.3) is 0 Å². The first-order chi connectivity index (χ1) is 7.99. The molecule has 0 aliphatic rings. The Balaban J connectivity index is 3.34. The molecule has 0 N–H and O–H groups in total. The van der Waals surface area contributed by atoms with Gasteiger partial charge in [-0.1, -0.05) is 0 Å². The molecular weight excluding hydrogens is 220 g/mol. The van der Waals surface area contributed by atoms with Crippen molar-refractivity contribution in [2.45, 2.75) is 20.3 Å². The van der Waals surface area contributed by atoms with Crippen LogP contribution in [-0.2, 0) is 11.2 Å². The number of rotatable bonds is 5. The van der Waals surface area contributed by atoms with Crippen LogP contribution in [0.5, 0.6) is 11.5 Å². The van der Waals surface area contributed by atoms with Gasteiger partial charge >= 0.3 is 0 Å². The van der Waals surface area contributed by atoms with E-state index in [4.69, 9.17) is 9.47 Å². The van der Waals surface area contributed by atoms with E-state index in [0.29, 0.717) is 22.6 Å². The lowest BCUT2D eigenvalue weighted by molar-refractivity contribution is -0.116. The zero-order valence-electron chi connectivity index (χ0n) is 10.5. The number of hydrogen-bond acceptors (Lipinski definition) is 4. The van der Waals surface area contributed by atoms with Crippen LogP contribution in [0.1, 0.15) is 29.8 Å². The highest BCUT2D eigenvalue weighted by Crippen LogP contribution is 2.31. The van der Waals surface area contributed by atoms with Crippen LogP contribution in [0.4, 0.5) is 0 Å². The molecular formula is C13H16O4. The van der Waals surface area contributed by atoms with Crippen molar-refractivity contribution in [3.8, 4) is 11.5 Å². The first-order valence-corrected chi connectivity index (χ1v) is 5.24. The predicted octanol–water partition coefficient (Wildman–Crippen LogP) is 2.04. The first kappa shape index (κ1) is 13.2. The molecule has 0 unspecified atom stereocenters. The summed E-state index contributed by atoms with van der Waals surface area (Å²) >= 11 is 0. The number of carbonyl (C=O) groups is 2. The lowest BCUT2D eigenvalue weighted by Gasteiger charge is -2.12. The molecule has 0 aliphatic carbocycles. The fourth-order valence-corrected chi connectivity index (χ4v) is 1.66. The van der Waals surface area contributed by atoms with E-state index in [1.54, 1.807) is 12.1 Å². The van der Waals surface area contributed by atoms with Gasteiger partial charge in [0, 0.05) is 12.0 Å². The van der Waals surface area contributed by atoms with Crippen LogP contribution in [-0.4, -0.2) is 25.8 Å². The molecule has 0 atom stereocenters. The molecule has 92 valence electrons. The standard InChI is InChI=1S/C13H16O4/c1-8(14)5-10-6-12(16-3)13(17-4)7-11(10)9(2)15/h6-7H,5H2,1-4H3. The maximum Gasteiger partial charge on any atom is 0.161 e. The van der Waals surface area contributed by atoms with Gasteiger partial charge in [-0.05, 0) is 31.5 Å². The fourth-order valence-electron chi connectivity index (χ4n) is 1.66. The van der Waals surface area contributed by atoms with Gasteiger partial charge in [-0.2, -0.15) is 0 Å². The second-order valence-corrected chi connectivity index (χ2v) is 3.80. The summed E-state index contributed by atoms with van der Waals surface area (Å²) in [6.45, 7) is 2.95. The van der Waals surface area contributed by atoms with Crippen molar-refractivity contribution in [2.75, 3.05) is 14.2 Å². The van der Waals surface area contributed by atoms with Gasteiger partial charge in [0.15, 0.2) is 17.3 Å². The second kappa shape index (κ2) is 5.48. The Morgan fingerprint density at radius 2 is 1.59 bits per heavy atom. The molecule has 0 fully saturated rings. The highest BCUT2D eigenvalue weighted by molar-refractivity contribution is 5.97. The average Bonchev–Trinajstić information content (AvgIpc) is 2.27. The molecule has 0 heterocycles. The molecule has 4 nitrogen and oxygen atoms in total. The van der Waals surface area contributed by atoms with E-state index in [0.717, 1.165) is 0 Å². The third-order valence-corrected chi connectivity index (χ3v) is 2.43. The summed E-state index contributed by atoms with van der Waals surface area (Å²) in [5.74, 6) is 0.917. The quantitative estimate of drug-likeness (QED) is 0.734. The molecule has 0 bridgehead atoms. The number of Topliss-reactive ketones (excluding diaryl/α,β-unsaturated/α-hetero) is 2. The van der Waals surface area contributed by atoms with E-state index in [1.807, 2.05) is 0 Å². The third-order valence-electron chi connectivity index (χ3n) is 2.43. The molecule has 4 heteroatoms. The molecule has 1 aromatic carbocycles. The van der Waals surface area contributed by atoms with Crippen LogP contribution in [0.25, 0.3) is 0 Å². The molecule has 17 heavy (non-hydrogen) atoms. The summed E-state index contributed by atoms with van der Waals surface area (Å²) in [5, 5.41) is 0. The summed E-state index contributed by atoms with van der Waals surface area (Å²) in [5.41, 5.74) is 1.17. The van der Waals surface area contributed by atoms with Crippen molar-refractivity contribution in [1.82, 2.24) is 0 Å². The van der Waals surface area contributed by atoms with Crippen LogP contribution >= 0.6 is 0 Å². The predicted molar refractivity (Wildman–Crippen MR) is 63.9 cm³/mol. The summed E-state index contributed by atoms with van der Waals surface area (Å²) in [6.07, 6.45) is 0.218. The fraction of sp³-hybridized carbons (Fsp3) is 0.385. The van der Waals surface area contributed by atoms with Gasteiger partial charge in [-0.25, -0.2) is 0 Å². The Hall–Kier alpha value is -1.84. The maximum atomic E-state index is 11.5. The van der Waals surface area contributed by atoms with E-state index in [2.05, 4.69) is 0 Å². The van der Waals surface area contributed by atoms with Crippen molar-refractivity contribution >= 4 is 11.6 Å². The molecule has 0 saturated carbocycles. The zero-order valence-corrected chi connectivity index (χ0v) is 10.5. The Bertz CT molecular complexity index is 449. The number of ether oxygens (including phenoxy) is 2. The summed E-state index contributed by atoms with van der Waals surface area (Å²) in [4.78, 5) is 22.7. The zero-order chi connectivity index (χ0) is 13.0. The van der Waals surface area contributed by atoms with Crippen molar-refractivity contribution in [1.29, 1.82) is 0 Å². The lowest BCUT2D eigenvalue weighted by atomic mass is 9.99. The molecule has 1 aromatic rings. The molecule has 0 spiro atoms. The van der Waals surface area contributed by atoms with Crippen LogP contribution in [0.3, 0.4) is 0 Å².